The molecule has 100 valence electrons. The Kier molecular flexibility index (Phi) is 3.07. The molecule has 0 spiro atoms. The molecule has 0 saturated carbocycles. The summed E-state index contributed by atoms with van der Waals surface area (Å²) in [5, 5.41) is 17.6. The third-order valence-corrected chi connectivity index (χ3v) is 3.47. The SMILES string of the molecule is N/C(=N/O)c1ncn(-c2nccc3c(Br)cccc23)n1. The summed E-state index contributed by atoms with van der Waals surface area (Å²) < 4.78 is 2.46. The molecule has 2 aromatic heterocycles. The van der Waals surface area contributed by atoms with Gasteiger partial charge in [0, 0.05) is 21.4 Å². The summed E-state index contributed by atoms with van der Waals surface area (Å²) in [5.41, 5.74) is 5.46. The molecule has 2 heterocycles. The molecule has 0 aliphatic heterocycles. The van der Waals surface area contributed by atoms with Crippen LogP contribution in [0.4, 0.5) is 0 Å². The van der Waals surface area contributed by atoms with Crippen LogP contribution >= 0.6 is 15.9 Å². The lowest BCUT2D eigenvalue weighted by molar-refractivity contribution is 0.318. The first-order chi connectivity index (χ1) is 9.70. The number of oxime groups is 1. The summed E-state index contributed by atoms with van der Waals surface area (Å²) in [6.07, 6.45) is 3.16. The van der Waals surface area contributed by atoms with E-state index in [1.165, 1.54) is 11.0 Å². The molecule has 3 rings (SSSR count). The molecule has 8 heteroatoms. The molecule has 0 fully saturated rings. The average Bonchev–Trinajstić information content (AvgIpc) is 2.96. The Labute approximate surface area is 121 Å². The van der Waals surface area contributed by atoms with Gasteiger partial charge in [0.1, 0.15) is 6.33 Å². The van der Waals surface area contributed by atoms with E-state index in [-0.39, 0.29) is 11.7 Å². The van der Waals surface area contributed by atoms with E-state index in [1.54, 1.807) is 6.20 Å². The highest BCUT2D eigenvalue weighted by molar-refractivity contribution is 9.10. The van der Waals surface area contributed by atoms with E-state index in [1.807, 2.05) is 24.3 Å². The lowest BCUT2D eigenvalue weighted by Gasteiger charge is -2.05. The molecule has 7 nitrogen and oxygen atoms in total. The van der Waals surface area contributed by atoms with Crippen LogP contribution in [0.1, 0.15) is 5.82 Å². The number of rotatable bonds is 2. The monoisotopic (exact) mass is 332 g/mol. The van der Waals surface area contributed by atoms with E-state index >= 15 is 0 Å². The molecule has 0 aliphatic carbocycles. The standard InChI is InChI=1S/C12H9BrN6O/c13-9-3-1-2-8-7(9)4-5-15-12(8)19-6-16-11(17-19)10(14)18-20/h1-6,20H,(H2,14,18). The van der Waals surface area contributed by atoms with Crippen LogP contribution in [0.25, 0.3) is 16.6 Å². The molecule has 0 bridgehead atoms. The van der Waals surface area contributed by atoms with Crippen LogP contribution in [-0.4, -0.2) is 30.8 Å². The first kappa shape index (κ1) is 12.5. The molecule has 0 radical (unpaired) electrons. The predicted molar refractivity (Wildman–Crippen MR) is 76.9 cm³/mol. The summed E-state index contributed by atoms with van der Waals surface area (Å²) in [4.78, 5) is 8.29. The Morgan fingerprint density at radius 2 is 2.10 bits per heavy atom. The molecule has 1 aromatic carbocycles. The van der Waals surface area contributed by atoms with Crippen LogP contribution < -0.4 is 5.73 Å². The zero-order chi connectivity index (χ0) is 14.1. The number of halogens is 1. The minimum absolute atomic E-state index is 0.140. The zero-order valence-electron chi connectivity index (χ0n) is 10.1. The zero-order valence-corrected chi connectivity index (χ0v) is 11.7. The second-order valence-corrected chi connectivity index (χ2v) is 4.82. The van der Waals surface area contributed by atoms with Crippen molar-refractivity contribution in [3.63, 3.8) is 0 Å². The van der Waals surface area contributed by atoms with E-state index in [0.29, 0.717) is 5.82 Å². The summed E-state index contributed by atoms with van der Waals surface area (Å²) >= 11 is 3.50. The fourth-order valence-electron chi connectivity index (χ4n) is 1.86. The van der Waals surface area contributed by atoms with Gasteiger partial charge in [-0.2, -0.15) is 0 Å². The average molecular weight is 333 g/mol. The fraction of sp³-hybridized carbons (Fsp3) is 0. The van der Waals surface area contributed by atoms with Gasteiger partial charge in [0.15, 0.2) is 5.82 Å². The van der Waals surface area contributed by atoms with E-state index in [9.17, 15) is 0 Å². The van der Waals surface area contributed by atoms with Gasteiger partial charge in [-0.05, 0) is 12.1 Å². The van der Waals surface area contributed by atoms with Crippen molar-refractivity contribution in [3.05, 3.63) is 47.1 Å². The highest BCUT2D eigenvalue weighted by Crippen LogP contribution is 2.26. The third-order valence-electron chi connectivity index (χ3n) is 2.78. The second kappa shape index (κ2) is 4.89. The van der Waals surface area contributed by atoms with Gasteiger partial charge in [-0.25, -0.2) is 14.6 Å². The van der Waals surface area contributed by atoms with Gasteiger partial charge in [-0.3, -0.25) is 0 Å². The van der Waals surface area contributed by atoms with Crippen molar-refractivity contribution in [2.45, 2.75) is 0 Å². The first-order valence-electron chi connectivity index (χ1n) is 5.64. The minimum Gasteiger partial charge on any atom is -0.409 e. The summed E-state index contributed by atoms with van der Waals surface area (Å²) in [6, 6.07) is 7.71. The number of nitrogens with zero attached hydrogens (tertiary/aromatic N) is 5. The maximum Gasteiger partial charge on any atom is 0.220 e. The molecule has 0 unspecified atom stereocenters. The largest absolute Gasteiger partial charge is 0.409 e. The van der Waals surface area contributed by atoms with E-state index in [2.05, 4.69) is 36.2 Å². The van der Waals surface area contributed by atoms with Crippen molar-refractivity contribution in [2.75, 3.05) is 0 Å². The number of hydrogen-bond donors (Lipinski definition) is 2. The van der Waals surface area contributed by atoms with Crippen molar-refractivity contribution < 1.29 is 5.21 Å². The lowest BCUT2D eigenvalue weighted by Crippen LogP contribution is -2.15. The second-order valence-electron chi connectivity index (χ2n) is 3.97. The van der Waals surface area contributed by atoms with Gasteiger partial charge < -0.3 is 10.9 Å². The fourth-order valence-corrected chi connectivity index (χ4v) is 2.36. The Morgan fingerprint density at radius 3 is 2.90 bits per heavy atom. The van der Waals surface area contributed by atoms with Crippen LogP contribution in [0.5, 0.6) is 0 Å². The smallest absolute Gasteiger partial charge is 0.220 e. The highest BCUT2D eigenvalue weighted by Gasteiger charge is 2.11. The molecule has 3 N–H and O–H groups in total. The molecule has 0 amide bonds. The minimum atomic E-state index is -0.148. The summed E-state index contributed by atoms with van der Waals surface area (Å²) in [6.45, 7) is 0. The first-order valence-corrected chi connectivity index (χ1v) is 6.43. The Bertz CT molecular complexity index is 813. The van der Waals surface area contributed by atoms with Crippen molar-refractivity contribution >= 4 is 32.5 Å². The quantitative estimate of drug-likeness (QED) is 0.321. The molecule has 0 saturated heterocycles. The van der Waals surface area contributed by atoms with Crippen LogP contribution in [0.3, 0.4) is 0 Å². The topological polar surface area (TPSA) is 102 Å². The van der Waals surface area contributed by atoms with E-state index in [0.717, 1.165) is 15.2 Å². The van der Waals surface area contributed by atoms with Gasteiger partial charge in [-0.15, -0.1) is 5.10 Å². The molecule has 20 heavy (non-hydrogen) atoms. The maximum absolute atomic E-state index is 8.63. The Balaban J connectivity index is 2.20. The van der Waals surface area contributed by atoms with Crippen molar-refractivity contribution in [2.24, 2.45) is 10.9 Å². The molecule has 3 aromatic rings. The highest BCUT2D eigenvalue weighted by atomic mass is 79.9. The van der Waals surface area contributed by atoms with Gasteiger partial charge in [0.05, 0.1) is 0 Å². The summed E-state index contributed by atoms with van der Waals surface area (Å²) in [5.74, 6) is 0.611. The van der Waals surface area contributed by atoms with Gasteiger partial charge in [0.2, 0.25) is 11.7 Å². The number of aromatic nitrogens is 4. The van der Waals surface area contributed by atoms with E-state index < -0.39 is 0 Å². The predicted octanol–water partition coefficient (Wildman–Crippen LogP) is 1.67. The van der Waals surface area contributed by atoms with Crippen LogP contribution in [0.15, 0.2) is 46.4 Å². The van der Waals surface area contributed by atoms with Crippen LogP contribution in [0, 0.1) is 0 Å². The van der Waals surface area contributed by atoms with Crippen LogP contribution in [0.2, 0.25) is 0 Å². The molecular weight excluding hydrogens is 324 g/mol. The van der Waals surface area contributed by atoms with Crippen molar-refractivity contribution in [3.8, 4) is 5.82 Å². The third kappa shape index (κ3) is 1.99. The van der Waals surface area contributed by atoms with E-state index in [4.69, 9.17) is 10.9 Å². The van der Waals surface area contributed by atoms with Gasteiger partial charge >= 0.3 is 0 Å². The number of nitrogens with two attached hydrogens (primary N) is 1. The number of fused-ring (bicyclic) bond motifs is 1. The maximum atomic E-state index is 8.63. The Morgan fingerprint density at radius 1 is 1.25 bits per heavy atom. The van der Waals surface area contributed by atoms with Gasteiger partial charge in [0.25, 0.3) is 0 Å². The van der Waals surface area contributed by atoms with Crippen molar-refractivity contribution in [1.82, 2.24) is 19.7 Å². The number of benzene rings is 1. The van der Waals surface area contributed by atoms with Crippen molar-refractivity contribution in [1.29, 1.82) is 0 Å². The van der Waals surface area contributed by atoms with Crippen LogP contribution in [-0.2, 0) is 0 Å². The number of hydrogen-bond acceptors (Lipinski definition) is 5. The molecule has 0 atom stereocenters. The number of amidine groups is 1. The molecule has 0 aliphatic rings. The lowest BCUT2D eigenvalue weighted by atomic mass is 10.1. The number of pyridine rings is 1. The van der Waals surface area contributed by atoms with Gasteiger partial charge in [-0.1, -0.05) is 33.2 Å². The molecular formula is C12H9BrN6O. The normalized spacial score (nSPS) is 11.9. The summed E-state index contributed by atoms with van der Waals surface area (Å²) in [7, 11) is 0. The Hall–Kier alpha value is -2.48.